The Labute approximate surface area is 114 Å². The molecule has 1 aromatic heterocycles. The lowest BCUT2D eigenvalue weighted by Crippen LogP contribution is -2.48. The first-order valence-corrected chi connectivity index (χ1v) is 7.18. The zero-order valence-electron chi connectivity index (χ0n) is 11.5. The van der Waals surface area contributed by atoms with Gasteiger partial charge in [-0.3, -0.25) is 4.98 Å². The fourth-order valence-electron chi connectivity index (χ4n) is 3.03. The van der Waals surface area contributed by atoms with Gasteiger partial charge in [-0.1, -0.05) is 0 Å². The summed E-state index contributed by atoms with van der Waals surface area (Å²) in [5, 5.41) is 0. The van der Waals surface area contributed by atoms with Crippen LogP contribution in [0, 0.1) is 6.92 Å². The third-order valence-electron chi connectivity index (χ3n) is 4.27. The number of rotatable bonds is 3. The van der Waals surface area contributed by atoms with Crippen LogP contribution in [0.15, 0.2) is 12.1 Å². The summed E-state index contributed by atoms with van der Waals surface area (Å²) in [6, 6.07) is 3.97. The molecule has 1 aliphatic carbocycles. The van der Waals surface area contributed by atoms with Gasteiger partial charge in [0.25, 0.3) is 0 Å². The van der Waals surface area contributed by atoms with Crippen LogP contribution in [0.4, 0.5) is 0 Å². The minimum Gasteiger partial charge on any atom is -0.488 e. The van der Waals surface area contributed by atoms with E-state index < -0.39 is 0 Å². The van der Waals surface area contributed by atoms with E-state index in [9.17, 15) is 0 Å². The first-order valence-electron chi connectivity index (χ1n) is 7.18. The maximum Gasteiger partial charge on any atom is 0.142 e. The van der Waals surface area contributed by atoms with Gasteiger partial charge in [-0.05, 0) is 38.3 Å². The van der Waals surface area contributed by atoms with E-state index in [0.717, 1.165) is 36.6 Å². The Morgan fingerprint density at radius 1 is 1.47 bits per heavy atom. The lowest BCUT2D eigenvalue weighted by molar-refractivity contribution is -0.153. The van der Waals surface area contributed by atoms with Crippen LogP contribution in [0.25, 0.3) is 0 Å². The number of pyridine rings is 1. The molecule has 0 amide bonds. The molecule has 1 aliphatic heterocycles. The number of aryl methyl sites for hydroxylation is 1. The first-order chi connectivity index (χ1) is 9.21. The highest BCUT2D eigenvalue weighted by Gasteiger charge is 2.43. The van der Waals surface area contributed by atoms with Crippen molar-refractivity contribution in [2.45, 2.75) is 57.3 Å². The molecule has 4 nitrogen and oxygen atoms in total. The first kappa shape index (κ1) is 12.9. The molecule has 0 aromatic carbocycles. The van der Waals surface area contributed by atoms with Crippen LogP contribution in [0.3, 0.4) is 0 Å². The van der Waals surface area contributed by atoms with E-state index in [1.165, 1.54) is 19.3 Å². The SMILES string of the molecule is Cc1ccc(OC2CCOC3(CCC3)C2)c(CN)n1. The van der Waals surface area contributed by atoms with Gasteiger partial charge in [-0.2, -0.15) is 0 Å². The Morgan fingerprint density at radius 3 is 3.00 bits per heavy atom. The predicted molar refractivity (Wildman–Crippen MR) is 73.0 cm³/mol. The number of nitrogens with zero attached hydrogens (tertiary/aromatic N) is 1. The third kappa shape index (κ3) is 2.60. The van der Waals surface area contributed by atoms with Gasteiger partial charge in [0.1, 0.15) is 11.9 Å². The normalized spacial score (nSPS) is 25.1. The van der Waals surface area contributed by atoms with Crippen LogP contribution < -0.4 is 10.5 Å². The summed E-state index contributed by atoms with van der Waals surface area (Å²) >= 11 is 0. The van der Waals surface area contributed by atoms with Crippen molar-refractivity contribution in [3.63, 3.8) is 0 Å². The maximum atomic E-state index is 6.14. The molecule has 1 saturated carbocycles. The summed E-state index contributed by atoms with van der Waals surface area (Å²) in [7, 11) is 0. The summed E-state index contributed by atoms with van der Waals surface area (Å²) in [4.78, 5) is 4.45. The van der Waals surface area contributed by atoms with Gasteiger partial charge in [-0.25, -0.2) is 0 Å². The summed E-state index contributed by atoms with van der Waals surface area (Å²) < 4.78 is 12.1. The van der Waals surface area contributed by atoms with Crippen LogP contribution in [0.1, 0.15) is 43.5 Å². The minimum atomic E-state index is 0.115. The monoisotopic (exact) mass is 262 g/mol. The lowest BCUT2D eigenvalue weighted by Gasteiger charge is -2.46. The molecule has 0 radical (unpaired) electrons. The molecule has 1 atom stereocenters. The van der Waals surface area contributed by atoms with Crippen LogP contribution in [0.5, 0.6) is 5.75 Å². The Kier molecular flexibility index (Phi) is 3.46. The van der Waals surface area contributed by atoms with Crippen LogP contribution >= 0.6 is 0 Å². The number of ether oxygens (including phenoxy) is 2. The van der Waals surface area contributed by atoms with Crippen molar-refractivity contribution >= 4 is 0 Å². The van der Waals surface area contributed by atoms with Crippen molar-refractivity contribution in [1.82, 2.24) is 4.98 Å². The summed E-state index contributed by atoms with van der Waals surface area (Å²) in [6.45, 7) is 3.20. The van der Waals surface area contributed by atoms with E-state index in [2.05, 4.69) is 4.98 Å². The molecule has 104 valence electrons. The van der Waals surface area contributed by atoms with E-state index in [-0.39, 0.29) is 11.7 Å². The largest absolute Gasteiger partial charge is 0.488 e. The third-order valence-corrected chi connectivity index (χ3v) is 4.27. The van der Waals surface area contributed by atoms with Crippen molar-refractivity contribution in [1.29, 1.82) is 0 Å². The molecule has 2 N–H and O–H groups in total. The second-order valence-electron chi connectivity index (χ2n) is 5.72. The van der Waals surface area contributed by atoms with Crippen molar-refractivity contribution in [3.05, 3.63) is 23.5 Å². The maximum absolute atomic E-state index is 6.14. The average molecular weight is 262 g/mol. The molecule has 1 aromatic rings. The van der Waals surface area contributed by atoms with E-state index in [0.29, 0.717) is 6.54 Å². The number of hydrogen-bond donors (Lipinski definition) is 1. The van der Waals surface area contributed by atoms with Gasteiger partial charge >= 0.3 is 0 Å². The molecule has 2 aliphatic rings. The van der Waals surface area contributed by atoms with Gasteiger partial charge < -0.3 is 15.2 Å². The quantitative estimate of drug-likeness (QED) is 0.908. The molecule has 0 bridgehead atoms. The summed E-state index contributed by atoms with van der Waals surface area (Å²) in [5.74, 6) is 0.842. The van der Waals surface area contributed by atoms with Gasteiger partial charge in [0.15, 0.2) is 0 Å². The molecule has 1 spiro atoms. The molecule has 1 unspecified atom stereocenters. The zero-order valence-corrected chi connectivity index (χ0v) is 11.5. The molecule has 2 heterocycles. The molecule has 19 heavy (non-hydrogen) atoms. The van der Waals surface area contributed by atoms with Gasteiger partial charge in [0.2, 0.25) is 0 Å². The highest BCUT2D eigenvalue weighted by atomic mass is 16.5. The summed E-state index contributed by atoms with van der Waals surface area (Å²) in [5.41, 5.74) is 7.70. The molecule has 1 saturated heterocycles. The Bertz CT molecular complexity index is 457. The average Bonchev–Trinajstić information content (AvgIpc) is 2.39. The van der Waals surface area contributed by atoms with Crippen molar-refractivity contribution in [2.75, 3.05) is 6.61 Å². The fraction of sp³-hybridized carbons (Fsp3) is 0.667. The highest BCUT2D eigenvalue weighted by Crippen LogP contribution is 2.43. The predicted octanol–water partition coefficient (Wildman–Crippen LogP) is 2.33. The lowest BCUT2D eigenvalue weighted by atomic mass is 9.74. The Balaban J connectivity index is 1.70. The number of hydrogen-bond acceptors (Lipinski definition) is 4. The second-order valence-corrected chi connectivity index (χ2v) is 5.72. The fourth-order valence-corrected chi connectivity index (χ4v) is 3.03. The van der Waals surface area contributed by atoms with Crippen molar-refractivity contribution in [2.24, 2.45) is 5.73 Å². The van der Waals surface area contributed by atoms with Crippen LogP contribution in [-0.4, -0.2) is 23.3 Å². The highest BCUT2D eigenvalue weighted by molar-refractivity contribution is 5.29. The Morgan fingerprint density at radius 2 is 2.32 bits per heavy atom. The van der Waals surface area contributed by atoms with Crippen LogP contribution in [0.2, 0.25) is 0 Å². The minimum absolute atomic E-state index is 0.115. The van der Waals surface area contributed by atoms with E-state index >= 15 is 0 Å². The summed E-state index contributed by atoms with van der Waals surface area (Å²) in [6.07, 6.45) is 5.85. The second kappa shape index (κ2) is 5.10. The Hall–Kier alpha value is -1.13. The molecular weight excluding hydrogens is 240 g/mol. The number of nitrogens with two attached hydrogens (primary N) is 1. The van der Waals surface area contributed by atoms with E-state index in [1.807, 2.05) is 19.1 Å². The van der Waals surface area contributed by atoms with Gasteiger partial charge in [0.05, 0.1) is 17.9 Å². The topological polar surface area (TPSA) is 57.4 Å². The van der Waals surface area contributed by atoms with Gasteiger partial charge in [0, 0.05) is 25.1 Å². The van der Waals surface area contributed by atoms with Crippen molar-refractivity contribution in [3.8, 4) is 5.75 Å². The smallest absolute Gasteiger partial charge is 0.142 e. The zero-order chi connectivity index (χ0) is 13.3. The van der Waals surface area contributed by atoms with E-state index in [1.54, 1.807) is 0 Å². The van der Waals surface area contributed by atoms with Crippen molar-refractivity contribution < 1.29 is 9.47 Å². The molecule has 3 rings (SSSR count). The van der Waals surface area contributed by atoms with Crippen LogP contribution in [-0.2, 0) is 11.3 Å². The molecule has 2 fully saturated rings. The molecular formula is C15H22N2O2. The standard InChI is InChI=1S/C15H22N2O2/c1-11-3-4-14(13(10-16)17-11)19-12-5-8-18-15(9-12)6-2-7-15/h3-4,12H,2,5-10,16H2,1H3. The van der Waals surface area contributed by atoms with E-state index in [4.69, 9.17) is 15.2 Å². The number of aromatic nitrogens is 1. The molecule has 4 heteroatoms. The van der Waals surface area contributed by atoms with Gasteiger partial charge in [-0.15, -0.1) is 0 Å².